The van der Waals surface area contributed by atoms with Crippen molar-refractivity contribution in [2.45, 2.75) is 37.8 Å². The first-order valence-electron chi connectivity index (χ1n) is 8.90. The van der Waals surface area contributed by atoms with E-state index in [-0.39, 0.29) is 23.5 Å². The van der Waals surface area contributed by atoms with Crippen LogP contribution in [0, 0.1) is 0 Å². The van der Waals surface area contributed by atoms with Gasteiger partial charge in [0, 0.05) is 12.1 Å². The summed E-state index contributed by atoms with van der Waals surface area (Å²) in [5.41, 5.74) is 0.128. The fourth-order valence-corrected chi connectivity index (χ4v) is 3.25. The molecule has 2 aliphatic rings. The van der Waals surface area contributed by atoms with E-state index in [1.54, 1.807) is 9.13 Å². The summed E-state index contributed by atoms with van der Waals surface area (Å²) in [6.07, 6.45) is 6.78. The minimum atomic E-state index is -0.403. The van der Waals surface area contributed by atoms with Crippen LogP contribution in [0.1, 0.15) is 37.8 Å². The summed E-state index contributed by atoms with van der Waals surface area (Å²) in [5.74, 6) is 0. The Hall–Kier alpha value is -3.70. The van der Waals surface area contributed by atoms with Crippen LogP contribution >= 0.6 is 0 Å². The minimum absolute atomic E-state index is 0.213. The van der Waals surface area contributed by atoms with Crippen molar-refractivity contribution in [3.8, 4) is 0 Å². The standard InChI is InChI=1S/2C8H8N4O2/c2*13-7-5-6(10-3-9-5)12(4-1-2-4)8(14)11-7/h2*3-4H,1-2H2,(H,9,10)(H,11,13,14). The van der Waals surface area contributed by atoms with Crippen molar-refractivity contribution in [3.05, 3.63) is 54.3 Å². The zero-order valence-corrected chi connectivity index (χ0v) is 14.6. The van der Waals surface area contributed by atoms with E-state index in [1.807, 2.05) is 0 Å². The quantitative estimate of drug-likeness (QED) is 0.363. The molecular formula is C16H16N8O4. The van der Waals surface area contributed by atoms with Gasteiger partial charge in [-0.3, -0.25) is 28.7 Å². The molecule has 4 aromatic heterocycles. The van der Waals surface area contributed by atoms with Gasteiger partial charge >= 0.3 is 11.4 Å². The number of hydrogen-bond acceptors (Lipinski definition) is 6. The monoisotopic (exact) mass is 384 g/mol. The van der Waals surface area contributed by atoms with Gasteiger partial charge in [-0.2, -0.15) is 0 Å². The van der Waals surface area contributed by atoms with Gasteiger partial charge in [0.15, 0.2) is 11.3 Å². The number of aromatic nitrogens is 8. The van der Waals surface area contributed by atoms with Gasteiger partial charge in [0.25, 0.3) is 11.1 Å². The largest absolute Gasteiger partial charge is 0.339 e. The van der Waals surface area contributed by atoms with Gasteiger partial charge in [0.1, 0.15) is 11.0 Å². The molecule has 2 fully saturated rings. The van der Waals surface area contributed by atoms with Crippen molar-refractivity contribution in [2.75, 3.05) is 0 Å². The topological polar surface area (TPSA) is 167 Å². The molecule has 2 aliphatic carbocycles. The normalized spacial score (nSPS) is 16.3. The Kier molecular flexibility index (Phi) is 3.47. The fourth-order valence-electron chi connectivity index (χ4n) is 3.25. The Morgan fingerprint density at radius 2 is 1.11 bits per heavy atom. The van der Waals surface area contributed by atoms with Crippen LogP contribution in [0.2, 0.25) is 0 Å². The molecule has 2 saturated carbocycles. The maximum absolute atomic E-state index is 11.5. The maximum Gasteiger partial charge on any atom is 0.330 e. The molecule has 0 unspecified atom stereocenters. The third kappa shape index (κ3) is 2.61. The Balaban J connectivity index is 0.000000122. The minimum Gasteiger partial charge on any atom is -0.339 e. The highest BCUT2D eigenvalue weighted by Gasteiger charge is 2.28. The predicted molar refractivity (Wildman–Crippen MR) is 98.5 cm³/mol. The van der Waals surface area contributed by atoms with Crippen LogP contribution in [0.3, 0.4) is 0 Å². The van der Waals surface area contributed by atoms with E-state index in [0.29, 0.717) is 22.3 Å². The molecule has 0 saturated heterocycles. The van der Waals surface area contributed by atoms with Crippen molar-refractivity contribution in [3.63, 3.8) is 0 Å². The molecule has 0 aliphatic heterocycles. The van der Waals surface area contributed by atoms with Crippen molar-refractivity contribution in [1.29, 1.82) is 0 Å². The lowest BCUT2D eigenvalue weighted by atomic mass is 10.5. The van der Waals surface area contributed by atoms with Gasteiger partial charge in [-0.15, -0.1) is 0 Å². The average Bonchev–Trinajstić information content (AvgIpc) is 3.55. The first kappa shape index (κ1) is 16.5. The average molecular weight is 384 g/mol. The van der Waals surface area contributed by atoms with Crippen molar-refractivity contribution in [1.82, 2.24) is 39.0 Å². The molecule has 144 valence electrons. The molecule has 12 heteroatoms. The van der Waals surface area contributed by atoms with Gasteiger partial charge < -0.3 is 9.97 Å². The molecule has 6 rings (SSSR count). The molecule has 4 aromatic rings. The zero-order valence-electron chi connectivity index (χ0n) is 14.6. The van der Waals surface area contributed by atoms with Crippen LogP contribution < -0.4 is 22.5 Å². The molecule has 4 N–H and O–H groups in total. The first-order chi connectivity index (χ1) is 13.5. The Labute approximate surface area is 154 Å². The van der Waals surface area contributed by atoms with Crippen LogP contribution in [-0.4, -0.2) is 39.0 Å². The molecular weight excluding hydrogens is 368 g/mol. The Morgan fingerprint density at radius 1 is 0.714 bits per heavy atom. The second-order valence-corrected chi connectivity index (χ2v) is 6.92. The summed E-state index contributed by atoms with van der Waals surface area (Å²) in [7, 11) is 0. The van der Waals surface area contributed by atoms with Crippen molar-refractivity contribution >= 4 is 22.3 Å². The van der Waals surface area contributed by atoms with Crippen LogP contribution in [0.5, 0.6) is 0 Å². The molecule has 4 heterocycles. The molecule has 0 aromatic carbocycles. The summed E-state index contributed by atoms with van der Waals surface area (Å²) >= 11 is 0. The van der Waals surface area contributed by atoms with Gasteiger partial charge in [-0.1, -0.05) is 0 Å². The zero-order chi connectivity index (χ0) is 19.4. The summed E-state index contributed by atoms with van der Waals surface area (Å²) in [6.45, 7) is 0. The van der Waals surface area contributed by atoms with E-state index >= 15 is 0 Å². The molecule has 12 nitrogen and oxygen atoms in total. The number of hydrogen-bond donors (Lipinski definition) is 4. The second-order valence-electron chi connectivity index (χ2n) is 6.92. The van der Waals surface area contributed by atoms with Gasteiger partial charge in [-0.25, -0.2) is 19.6 Å². The summed E-state index contributed by atoms with van der Waals surface area (Å²) in [5, 5.41) is 0. The molecule has 0 amide bonds. The van der Waals surface area contributed by atoms with Crippen LogP contribution in [0.15, 0.2) is 31.8 Å². The number of aromatic amines is 4. The highest BCUT2D eigenvalue weighted by molar-refractivity contribution is 5.69. The van der Waals surface area contributed by atoms with Crippen LogP contribution in [0.4, 0.5) is 0 Å². The smallest absolute Gasteiger partial charge is 0.330 e. The lowest BCUT2D eigenvalue weighted by Crippen LogP contribution is -2.29. The van der Waals surface area contributed by atoms with Gasteiger partial charge in [-0.05, 0) is 25.7 Å². The lowest BCUT2D eigenvalue weighted by Gasteiger charge is -2.01. The summed E-state index contributed by atoms with van der Waals surface area (Å²) in [4.78, 5) is 63.6. The highest BCUT2D eigenvalue weighted by atomic mass is 16.2. The van der Waals surface area contributed by atoms with Crippen LogP contribution in [-0.2, 0) is 0 Å². The van der Waals surface area contributed by atoms with Gasteiger partial charge in [0.2, 0.25) is 0 Å². The lowest BCUT2D eigenvalue weighted by molar-refractivity contribution is 0.701. The molecule has 0 atom stereocenters. The number of fused-ring (bicyclic) bond motifs is 2. The van der Waals surface area contributed by atoms with E-state index in [2.05, 4.69) is 29.9 Å². The first-order valence-corrected chi connectivity index (χ1v) is 8.90. The fraction of sp³-hybridized carbons (Fsp3) is 0.375. The predicted octanol–water partition coefficient (Wildman–Crippen LogP) is -0.504. The maximum atomic E-state index is 11.5. The van der Waals surface area contributed by atoms with E-state index in [1.165, 1.54) is 12.7 Å². The number of H-pyrrole nitrogens is 4. The van der Waals surface area contributed by atoms with E-state index in [0.717, 1.165) is 25.7 Å². The Morgan fingerprint density at radius 3 is 1.46 bits per heavy atom. The number of nitrogens with zero attached hydrogens (tertiary/aromatic N) is 4. The van der Waals surface area contributed by atoms with Crippen LogP contribution in [0.25, 0.3) is 22.3 Å². The summed E-state index contributed by atoms with van der Waals surface area (Å²) < 4.78 is 3.10. The van der Waals surface area contributed by atoms with E-state index < -0.39 is 11.1 Å². The SMILES string of the molecule is O=c1[nH]c(=O)n(C2CC2)c2nc[nH]c12.O=c1[nH]c(=O)n(C2CC2)c2nc[nH]c12. The number of imidazole rings is 2. The second kappa shape index (κ2) is 5.90. The number of rotatable bonds is 2. The van der Waals surface area contributed by atoms with E-state index in [9.17, 15) is 19.2 Å². The van der Waals surface area contributed by atoms with E-state index in [4.69, 9.17) is 0 Å². The summed E-state index contributed by atoms with van der Waals surface area (Å²) in [6, 6.07) is 0.426. The molecule has 0 radical (unpaired) electrons. The Bertz CT molecular complexity index is 1310. The third-order valence-electron chi connectivity index (χ3n) is 4.85. The molecule has 0 spiro atoms. The van der Waals surface area contributed by atoms with Crippen molar-refractivity contribution in [2.24, 2.45) is 0 Å². The molecule has 28 heavy (non-hydrogen) atoms. The molecule has 0 bridgehead atoms. The third-order valence-corrected chi connectivity index (χ3v) is 4.85. The number of nitrogens with one attached hydrogen (secondary N) is 4. The highest BCUT2D eigenvalue weighted by Crippen LogP contribution is 2.35. The van der Waals surface area contributed by atoms with Gasteiger partial charge in [0.05, 0.1) is 12.7 Å². The van der Waals surface area contributed by atoms with Crippen molar-refractivity contribution < 1.29 is 0 Å².